The lowest BCUT2D eigenvalue weighted by Crippen LogP contribution is -2.55. The van der Waals surface area contributed by atoms with Crippen LogP contribution in [0.5, 0.6) is 0 Å². The molecule has 0 saturated carbocycles. The number of nitrogens with zero attached hydrogens (tertiary/aromatic N) is 1. The summed E-state index contributed by atoms with van der Waals surface area (Å²) in [6.07, 6.45) is 3.53. The van der Waals surface area contributed by atoms with Crippen molar-refractivity contribution >= 4 is 13.8 Å². The number of hydrogen-bond acceptors (Lipinski definition) is 3. The van der Waals surface area contributed by atoms with Gasteiger partial charge in [-0.2, -0.15) is 0 Å². The van der Waals surface area contributed by atoms with Crippen LogP contribution in [-0.4, -0.2) is 42.5 Å². The number of carboxylic acid groups (broad SMARTS) is 1. The molecule has 118 valence electrons. The highest BCUT2D eigenvalue weighted by molar-refractivity contribution is 6.08. The molecule has 3 N–H and O–H groups in total. The molecule has 1 saturated heterocycles. The van der Waals surface area contributed by atoms with Crippen LogP contribution in [0.2, 0.25) is 6.32 Å². The summed E-state index contributed by atoms with van der Waals surface area (Å²) in [6.45, 7) is 2.51. The van der Waals surface area contributed by atoms with E-state index < -0.39 is 11.5 Å². The summed E-state index contributed by atoms with van der Waals surface area (Å²) in [5, 5.41) is 9.59. The van der Waals surface area contributed by atoms with Crippen molar-refractivity contribution in [1.29, 1.82) is 0 Å². The van der Waals surface area contributed by atoms with Gasteiger partial charge in [0.05, 0.1) is 7.85 Å². The molecule has 1 aliphatic rings. The molecule has 1 aromatic carbocycles. The van der Waals surface area contributed by atoms with Crippen molar-refractivity contribution in [2.45, 2.75) is 44.1 Å². The van der Waals surface area contributed by atoms with Crippen LogP contribution in [-0.2, 0) is 11.3 Å². The van der Waals surface area contributed by atoms with Gasteiger partial charge in [-0.3, -0.25) is 9.69 Å². The average Bonchev–Trinajstić information content (AvgIpc) is 2.97. The molecule has 2 atom stereocenters. The fourth-order valence-corrected chi connectivity index (χ4v) is 3.29. The summed E-state index contributed by atoms with van der Waals surface area (Å²) in [5.74, 6) is -0.873. The Kier molecular flexibility index (Phi) is 6.03. The van der Waals surface area contributed by atoms with E-state index in [1.807, 2.05) is 18.2 Å². The molecule has 0 aliphatic carbocycles. The lowest BCUT2D eigenvalue weighted by atomic mass is 9.79. The zero-order valence-electron chi connectivity index (χ0n) is 13.1. The maximum Gasteiger partial charge on any atom is 0.324 e. The van der Waals surface area contributed by atoms with E-state index in [1.54, 1.807) is 0 Å². The Balaban J connectivity index is 1.95. The van der Waals surface area contributed by atoms with E-state index in [-0.39, 0.29) is 5.92 Å². The van der Waals surface area contributed by atoms with Gasteiger partial charge < -0.3 is 10.8 Å². The monoisotopic (exact) mass is 300 g/mol. The molecule has 0 amide bonds. The van der Waals surface area contributed by atoms with E-state index in [9.17, 15) is 9.90 Å². The van der Waals surface area contributed by atoms with Gasteiger partial charge in [-0.15, -0.1) is 0 Å². The van der Waals surface area contributed by atoms with E-state index in [0.29, 0.717) is 12.7 Å². The average molecular weight is 300 g/mol. The number of hydrogen-bond donors (Lipinski definition) is 2. The standard InChI is InChI=1S/C17H25BN2O2/c18-10-5-4-9-17(19,16(21)22)15-8-11-20(13-15)12-14-6-2-1-3-7-14/h1-3,6-7,15H,4-5,8-13,19H2,(H,21,22). The normalized spacial score (nSPS) is 21.6. The van der Waals surface area contributed by atoms with Crippen molar-refractivity contribution in [3.8, 4) is 0 Å². The minimum absolute atomic E-state index is 0.00601. The highest BCUT2D eigenvalue weighted by Gasteiger charge is 2.44. The van der Waals surface area contributed by atoms with Crippen LogP contribution in [0.3, 0.4) is 0 Å². The Bertz CT molecular complexity index is 483. The van der Waals surface area contributed by atoms with Gasteiger partial charge in [-0.1, -0.05) is 49.5 Å². The lowest BCUT2D eigenvalue weighted by Gasteiger charge is -2.31. The quantitative estimate of drug-likeness (QED) is 0.569. The predicted octanol–water partition coefficient (Wildman–Crippen LogP) is 2.05. The van der Waals surface area contributed by atoms with Crippen LogP contribution in [0.4, 0.5) is 0 Å². The first-order valence-corrected chi connectivity index (χ1v) is 8.05. The topological polar surface area (TPSA) is 66.6 Å². The Labute approximate surface area is 134 Å². The summed E-state index contributed by atoms with van der Waals surface area (Å²) in [4.78, 5) is 14.0. The molecule has 1 fully saturated rings. The number of likely N-dealkylation sites (tertiary alicyclic amines) is 1. The number of carbonyl (C=O) groups is 1. The second kappa shape index (κ2) is 7.79. The molecule has 2 radical (unpaired) electrons. The Morgan fingerprint density at radius 1 is 1.36 bits per heavy atom. The van der Waals surface area contributed by atoms with E-state index in [4.69, 9.17) is 13.6 Å². The number of benzene rings is 1. The van der Waals surface area contributed by atoms with Crippen molar-refractivity contribution < 1.29 is 9.90 Å². The molecule has 1 heterocycles. The first kappa shape index (κ1) is 17.0. The van der Waals surface area contributed by atoms with Crippen LogP contribution < -0.4 is 5.73 Å². The fourth-order valence-electron chi connectivity index (χ4n) is 3.29. The smallest absolute Gasteiger partial charge is 0.324 e. The molecule has 1 aliphatic heterocycles. The third-order valence-electron chi connectivity index (χ3n) is 4.69. The molecule has 2 rings (SSSR count). The number of rotatable bonds is 8. The van der Waals surface area contributed by atoms with E-state index >= 15 is 0 Å². The summed E-state index contributed by atoms with van der Waals surface area (Å²) >= 11 is 0. The maximum atomic E-state index is 11.7. The summed E-state index contributed by atoms with van der Waals surface area (Å²) in [7, 11) is 5.50. The van der Waals surface area contributed by atoms with E-state index in [1.165, 1.54) is 5.56 Å². The molecule has 22 heavy (non-hydrogen) atoms. The summed E-state index contributed by atoms with van der Waals surface area (Å²) < 4.78 is 0. The number of aliphatic carboxylic acids is 1. The maximum absolute atomic E-state index is 11.7. The first-order chi connectivity index (χ1) is 10.6. The first-order valence-electron chi connectivity index (χ1n) is 8.05. The molecule has 4 nitrogen and oxygen atoms in total. The molecule has 1 aromatic rings. The molecule has 0 bridgehead atoms. The van der Waals surface area contributed by atoms with Crippen LogP contribution in [0, 0.1) is 5.92 Å². The van der Waals surface area contributed by atoms with Crippen LogP contribution in [0.25, 0.3) is 0 Å². The zero-order chi connectivity index (χ0) is 16.0. The van der Waals surface area contributed by atoms with Gasteiger partial charge >= 0.3 is 5.97 Å². The second-order valence-corrected chi connectivity index (χ2v) is 6.30. The third kappa shape index (κ3) is 4.11. The Morgan fingerprint density at radius 3 is 2.73 bits per heavy atom. The minimum Gasteiger partial charge on any atom is -0.480 e. The lowest BCUT2D eigenvalue weighted by molar-refractivity contribution is -0.145. The molecule has 5 heteroatoms. The molecular formula is C17H25BN2O2. The number of unbranched alkanes of at least 4 members (excludes halogenated alkanes) is 1. The minimum atomic E-state index is -1.12. The third-order valence-corrected chi connectivity index (χ3v) is 4.69. The zero-order valence-corrected chi connectivity index (χ0v) is 13.1. The number of nitrogens with two attached hydrogens (primary N) is 1. The van der Waals surface area contributed by atoms with Gasteiger partial charge in [-0.05, 0) is 24.9 Å². The van der Waals surface area contributed by atoms with Gasteiger partial charge in [0.15, 0.2) is 0 Å². The van der Waals surface area contributed by atoms with E-state index in [0.717, 1.165) is 38.9 Å². The molecule has 0 spiro atoms. The van der Waals surface area contributed by atoms with Crippen molar-refractivity contribution in [3.63, 3.8) is 0 Å². The summed E-state index contributed by atoms with van der Waals surface area (Å²) in [5.41, 5.74) is 6.40. The van der Waals surface area contributed by atoms with Crippen LogP contribution in [0.1, 0.15) is 31.2 Å². The van der Waals surface area contributed by atoms with Gasteiger partial charge in [0.2, 0.25) is 0 Å². The van der Waals surface area contributed by atoms with Gasteiger partial charge in [0, 0.05) is 19.0 Å². The Hall–Kier alpha value is -1.33. The van der Waals surface area contributed by atoms with E-state index in [2.05, 4.69) is 17.0 Å². The number of carboxylic acids is 1. The highest BCUT2D eigenvalue weighted by Crippen LogP contribution is 2.31. The van der Waals surface area contributed by atoms with Gasteiger partial charge in [0.25, 0.3) is 0 Å². The van der Waals surface area contributed by atoms with Crippen molar-refractivity contribution in [3.05, 3.63) is 35.9 Å². The van der Waals surface area contributed by atoms with Crippen molar-refractivity contribution in [2.24, 2.45) is 11.7 Å². The van der Waals surface area contributed by atoms with Gasteiger partial charge in [-0.25, -0.2) is 0 Å². The van der Waals surface area contributed by atoms with Crippen LogP contribution in [0.15, 0.2) is 30.3 Å². The fraction of sp³-hybridized carbons (Fsp3) is 0.588. The van der Waals surface area contributed by atoms with Crippen LogP contribution >= 0.6 is 0 Å². The second-order valence-electron chi connectivity index (χ2n) is 6.30. The SMILES string of the molecule is [B]CCCCC(N)(C(=O)O)C1CCN(Cc2ccccc2)C1. The molecule has 2 unspecified atom stereocenters. The van der Waals surface area contributed by atoms with Crippen molar-refractivity contribution in [1.82, 2.24) is 4.90 Å². The molecule has 0 aromatic heterocycles. The largest absolute Gasteiger partial charge is 0.480 e. The van der Waals surface area contributed by atoms with Gasteiger partial charge in [0.1, 0.15) is 5.54 Å². The summed E-state index contributed by atoms with van der Waals surface area (Å²) in [6, 6.07) is 10.3. The molecular weight excluding hydrogens is 275 g/mol. The van der Waals surface area contributed by atoms with Crippen molar-refractivity contribution in [2.75, 3.05) is 13.1 Å². The predicted molar refractivity (Wildman–Crippen MR) is 88.8 cm³/mol. The highest BCUT2D eigenvalue weighted by atomic mass is 16.4. The Morgan fingerprint density at radius 2 is 2.09 bits per heavy atom.